The average molecular weight is 586 g/mol. The van der Waals surface area contributed by atoms with Crippen molar-refractivity contribution in [3.63, 3.8) is 0 Å². The number of nitrogens with two attached hydrogens (primary N) is 1. The number of methoxy groups -OCH3 is 1. The quantitative estimate of drug-likeness (QED) is 0.168. The molecule has 3 aromatic rings. The number of unbranched alkanes of at least 4 members (excludes halogenated alkanes) is 2. The van der Waals surface area contributed by atoms with Crippen LogP contribution in [-0.2, 0) is 18.3 Å². The molecule has 2 aliphatic rings. The molecule has 2 aromatic carbocycles. The first kappa shape index (κ1) is 29.9. The number of nitrogens with zero attached hydrogens (tertiary/aromatic N) is 3. The number of carbonyl (C=O) groups is 3. The smallest absolute Gasteiger partial charge is 0.256 e. The second kappa shape index (κ2) is 13.6. The maximum absolute atomic E-state index is 13.2. The number of Topliss-reactive ketones (excluding diaryl/α,β-unsaturated/α-hetero) is 1. The Morgan fingerprint density at radius 2 is 1.88 bits per heavy atom. The van der Waals surface area contributed by atoms with E-state index in [4.69, 9.17) is 15.2 Å². The molecule has 1 atom stereocenters. The Labute approximate surface area is 251 Å². The van der Waals surface area contributed by atoms with E-state index in [1.165, 1.54) is 0 Å². The Bertz CT molecular complexity index is 1510. The highest BCUT2D eigenvalue weighted by atomic mass is 16.5. The van der Waals surface area contributed by atoms with Gasteiger partial charge >= 0.3 is 0 Å². The fraction of sp³-hybridized carbons (Fsp3) is 0.394. The molecule has 1 aromatic heterocycles. The second-order valence-corrected chi connectivity index (χ2v) is 11.1. The van der Waals surface area contributed by atoms with E-state index >= 15 is 0 Å². The minimum atomic E-state index is -0.102. The highest BCUT2D eigenvalue weighted by Gasteiger charge is 2.31. The van der Waals surface area contributed by atoms with Crippen molar-refractivity contribution in [3.05, 3.63) is 65.5 Å². The van der Waals surface area contributed by atoms with Gasteiger partial charge in [-0.05, 0) is 68.4 Å². The van der Waals surface area contributed by atoms with Gasteiger partial charge in [0, 0.05) is 50.6 Å². The molecule has 0 spiro atoms. The molecule has 43 heavy (non-hydrogen) atoms. The molecule has 0 unspecified atom stereocenters. The molecule has 2 amide bonds. The third-order valence-electron chi connectivity index (χ3n) is 7.93. The number of hydrogen-bond donors (Lipinski definition) is 2. The number of ketones is 1. The lowest BCUT2D eigenvalue weighted by Gasteiger charge is -2.32. The van der Waals surface area contributed by atoms with Gasteiger partial charge in [0.05, 0.1) is 42.4 Å². The Kier molecular flexibility index (Phi) is 9.44. The number of nitrogen functional groups attached to an aromatic ring is 1. The predicted molar refractivity (Wildman–Crippen MR) is 167 cm³/mol. The Morgan fingerprint density at radius 1 is 1.07 bits per heavy atom. The van der Waals surface area contributed by atoms with Crippen molar-refractivity contribution < 1.29 is 23.9 Å². The summed E-state index contributed by atoms with van der Waals surface area (Å²) in [4.78, 5) is 45.0. The topological polar surface area (TPSA) is 128 Å². The third kappa shape index (κ3) is 7.25. The van der Waals surface area contributed by atoms with Gasteiger partial charge in [0.15, 0.2) is 17.3 Å². The summed E-state index contributed by atoms with van der Waals surface area (Å²) in [6.07, 6.45) is 9.52. The molecule has 226 valence electrons. The number of rotatable bonds is 12. The molecule has 3 heterocycles. The molecule has 0 bridgehead atoms. The average Bonchev–Trinajstić information content (AvgIpc) is 3.31. The summed E-state index contributed by atoms with van der Waals surface area (Å²) in [5, 5.41) is 2.90. The van der Waals surface area contributed by atoms with Crippen LogP contribution >= 0.6 is 0 Å². The van der Waals surface area contributed by atoms with E-state index in [0.717, 1.165) is 44.2 Å². The number of hydrogen-bond acceptors (Lipinski definition) is 7. The van der Waals surface area contributed by atoms with Crippen molar-refractivity contribution in [2.24, 2.45) is 12.0 Å². The summed E-state index contributed by atoms with van der Waals surface area (Å²) < 4.78 is 13.3. The van der Waals surface area contributed by atoms with E-state index in [2.05, 4.69) is 10.3 Å². The van der Waals surface area contributed by atoms with E-state index in [-0.39, 0.29) is 30.1 Å². The minimum Gasteiger partial charge on any atom is -0.493 e. The number of aryl methyl sites for hydroxylation is 1. The first-order chi connectivity index (χ1) is 20.8. The molecule has 0 aliphatic carbocycles. The predicted octanol–water partition coefficient (Wildman–Crippen LogP) is 5.33. The van der Waals surface area contributed by atoms with Gasteiger partial charge in [0.1, 0.15) is 0 Å². The van der Waals surface area contributed by atoms with Crippen LogP contribution in [0.2, 0.25) is 0 Å². The summed E-state index contributed by atoms with van der Waals surface area (Å²) in [6.45, 7) is 1.19. The number of aliphatic imine (C=N–C) groups is 1. The van der Waals surface area contributed by atoms with Gasteiger partial charge in [-0.1, -0.05) is 12.1 Å². The standard InChI is InChI=1S/C33H39N5O5/c1-37-21-24(17-28(37)29(39)16-22-10-12-23(34)13-11-22)36-32(40)9-4-3-7-15-43-31-19-27-26(18-30(31)42-2)33(41)38-14-6-5-8-25(38)20-35-27/h10-13,17-21,25H,3-9,14-16,34H2,1-2H3,(H,36,40)/t25-/m0/s1. The Hall–Kier alpha value is -4.60. The van der Waals surface area contributed by atoms with Crippen LogP contribution in [0.3, 0.4) is 0 Å². The monoisotopic (exact) mass is 585 g/mol. The van der Waals surface area contributed by atoms with Crippen LogP contribution in [0, 0.1) is 0 Å². The largest absolute Gasteiger partial charge is 0.493 e. The molecular formula is C33H39N5O5. The van der Waals surface area contributed by atoms with Crippen molar-refractivity contribution >= 4 is 40.9 Å². The molecule has 3 N–H and O–H groups in total. The van der Waals surface area contributed by atoms with Gasteiger partial charge in [0.25, 0.3) is 5.91 Å². The Morgan fingerprint density at radius 3 is 2.67 bits per heavy atom. The highest BCUT2D eigenvalue weighted by Crippen LogP contribution is 2.38. The molecule has 2 aliphatic heterocycles. The van der Waals surface area contributed by atoms with Gasteiger partial charge in [-0.3, -0.25) is 19.4 Å². The van der Waals surface area contributed by atoms with Crippen LogP contribution in [0.5, 0.6) is 11.5 Å². The van der Waals surface area contributed by atoms with Crippen LogP contribution in [0.4, 0.5) is 17.1 Å². The maximum Gasteiger partial charge on any atom is 0.256 e. The van der Waals surface area contributed by atoms with Crippen LogP contribution in [-0.4, -0.2) is 59.6 Å². The molecule has 1 saturated heterocycles. The summed E-state index contributed by atoms with van der Waals surface area (Å²) in [5.41, 5.74) is 9.53. The number of anilines is 2. The molecule has 5 rings (SSSR count). The fourth-order valence-electron chi connectivity index (χ4n) is 5.58. The SMILES string of the molecule is COc1cc2c(cc1OCCCCCC(=O)Nc1cc(C(=O)Cc3ccc(N)cc3)n(C)c1)N=C[C@@H]1CCCCN1C2=O. The highest BCUT2D eigenvalue weighted by molar-refractivity contribution is 6.03. The second-order valence-electron chi connectivity index (χ2n) is 11.1. The van der Waals surface area contributed by atoms with Gasteiger partial charge in [-0.15, -0.1) is 0 Å². The lowest BCUT2D eigenvalue weighted by atomic mass is 10.0. The van der Waals surface area contributed by atoms with E-state index in [1.807, 2.05) is 23.2 Å². The lowest BCUT2D eigenvalue weighted by Crippen LogP contribution is -2.43. The number of ether oxygens (including phenoxy) is 2. The van der Waals surface area contributed by atoms with Crippen molar-refractivity contribution in [1.82, 2.24) is 9.47 Å². The van der Waals surface area contributed by atoms with Crippen molar-refractivity contribution in [1.29, 1.82) is 0 Å². The number of carbonyl (C=O) groups excluding carboxylic acids is 3. The lowest BCUT2D eigenvalue weighted by molar-refractivity contribution is -0.116. The summed E-state index contributed by atoms with van der Waals surface area (Å²) in [7, 11) is 3.35. The third-order valence-corrected chi connectivity index (χ3v) is 7.93. The zero-order valence-electron chi connectivity index (χ0n) is 24.8. The fourth-order valence-corrected chi connectivity index (χ4v) is 5.58. The number of benzene rings is 2. The summed E-state index contributed by atoms with van der Waals surface area (Å²) in [6, 6.07) is 12.5. The van der Waals surface area contributed by atoms with Gasteiger partial charge in [-0.2, -0.15) is 0 Å². The molecule has 0 radical (unpaired) electrons. The van der Waals surface area contributed by atoms with Gasteiger partial charge in [-0.25, -0.2) is 0 Å². The van der Waals surface area contributed by atoms with E-state index in [0.29, 0.717) is 59.3 Å². The van der Waals surface area contributed by atoms with Gasteiger partial charge in [0.2, 0.25) is 5.91 Å². The summed E-state index contributed by atoms with van der Waals surface area (Å²) >= 11 is 0. The van der Waals surface area contributed by atoms with Crippen molar-refractivity contribution in [3.8, 4) is 11.5 Å². The zero-order valence-corrected chi connectivity index (χ0v) is 24.8. The molecule has 0 saturated carbocycles. The number of amides is 2. The van der Waals surface area contributed by atoms with E-state index < -0.39 is 0 Å². The van der Waals surface area contributed by atoms with Crippen LogP contribution in [0.15, 0.2) is 53.7 Å². The number of nitrogens with one attached hydrogen (secondary N) is 1. The zero-order chi connectivity index (χ0) is 30.3. The van der Waals surface area contributed by atoms with E-state index in [1.54, 1.807) is 55.3 Å². The maximum atomic E-state index is 13.2. The normalized spacial score (nSPS) is 15.8. The number of fused-ring (bicyclic) bond motifs is 2. The van der Waals surface area contributed by atoms with Crippen LogP contribution in [0.1, 0.15) is 71.4 Å². The molecule has 10 heteroatoms. The van der Waals surface area contributed by atoms with Crippen molar-refractivity contribution in [2.45, 2.75) is 57.4 Å². The molecule has 10 nitrogen and oxygen atoms in total. The summed E-state index contributed by atoms with van der Waals surface area (Å²) in [5.74, 6) is 0.904. The van der Waals surface area contributed by atoms with E-state index in [9.17, 15) is 14.4 Å². The first-order valence-corrected chi connectivity index (χ1v) is 14.9. The molecule has 1 fully saturated rings. The number of piperidine rings is 1. The Balaban J connectivity index is 1.07. The van der Waals surface area contributed by atoms with Crippen LogP contribution in [0.25, 0.3) is 0 Å². The first-order valence-electron chi connectivity index (χ1n) is 14.9. The van der Waals surface area contributed by atoms with Gasteiger partial charge < -0.3 is 30.0 Å². The van der Waals surface area contributed by atoms with Crippen LogP contribution < -0.4 is 20.5 Å². The number of aromatic nitrogens is 1. The molecular weight excluding hydrogens is 546 g/mol. The minimum absolute atomic E-state index is 0.0168. The van der Waals surface area contributed by atoms with Crippen molar-refractivity contribution in [2.75, 3.05) is 31.3 Å².